The lowest BCUT2D eigenvalue weighted by molar-refractivity contribution is -0.159. The van der Waals surface area contributed by atoms with Crippen LogP contribution in [0.25, 0.3) is 0 Å². The quantitative estimate of drug-likeness (QED) is 0.476. The van der Waals surface area contributed by atoms with Crippen LogP contribution in [0.15, 0.2) is 30.3 Å². The zero-order chi connectivity index (χ0) is 23.9. The van der Waals surface area contributed by atoms with Crippen molar-refractivity contribution in [2.24, 2.45) is 0 Å². The van der Waals surface area contributed by atoms with Crippen LogP contribution in [0.5, 0.6) is 0 Å². The molecule has 3 N–H and O–H groups in total. The van der Waals surface area contributed by atoms with Crippen LogP contribution in [0.4, 0.5) is 0 Å². The number of esters is 2. The molecule has 1 aliphatic rings. The standard InChI is InChI=1S/C22H29N3O7/c1-22(2,3)32-18(27)12-16(21(30)31-4)23-17(26)11-15-20(29)24-14(19(28)25-15)10-13-8-6-5-7-9-13/h5-9,14-16H,10-12H2,1-4H3,(H,23,26)(H,24,29)(H,25,28)/t14-,15-,16-/m0/s1. The van der Waals surface area contributed by atoms with Gasteiger partial charge in [-0.15, -0.1) is 0 Å². The molecule has 0 unspecified atom stereocenters. The Morgan fingerprint density at radius 2 is 1.62 bits per heavy atom. The van der Waals surface area contributed by atoms with Gasteiger partial charge in [0.05, 0.1) is 20.0 Å². The first-order valence-corrected chi connectivity index (χ1v) is 10.2. The van der Waals surface area contributed by atoms with E-state index >= 15 is 0 Å². The van der Waals surface area contributed by atoms with Crippen LogP contribution < -0.4 is 16.0 Å². The molecular formula is C22H29N3O7. The molecule has 0 spiro atoms. The molecule has 3 amide bonds. The third-order valence-corrected chi connectivity index (χ3v) is 4.55. The second-order valence-corrected chi connectivity index (χ2v) is 8.45. The second kappa shape index (κ2) is 10.7. The minimum Gasteiger partial charge on any atom is -0.467 e. The first kappa shape index (κ1) is 24.8. The topological polar surface area (TPSA) is 140 Å². The van der Waals surface area contributed by atoms with Crippen LogP contribution in [0, 0.1) is 0 Å². The van der Waals surface area contributed by atoms with Gasteiger partial charge in [-0.1, -0.05) is 30.3 Å². The van der Waals surface area contributed by atoms with Gasteiger partial charge in [0.2, 0.25) is 17.7 Å². The maximum Gasteiger partial charge on any atom is 0.328 e. The average Bonchev–Trinajstić information content (AvgIpc) is 2.70. The Morgan fingerprint density at radius 3 is 2.22 bits per heavy atom. The molecule has 0 bridgehead atoms. The summed E-state index contributed by atoms with van der Waals surface area (Å²) in [5.74, 6) is -3.15. The highest BCUT2D eigenvalue weighted by Gasteiger charge is 2.36. The lowest BCUT2D eigenvalue weighted by Gasteiger charge is -2.29. The van der Waals surface area contributed by atoms with Crippen LogP contribution in [0.2, 0.25) is 0 Å². The van der Waals surface area contributed by atoms with Crippen LogP contribution in [0.3, 0.4) is 0 Å². The van der Waals surface area contributed by atoms with Gasteiger partial charge in [-0.05, 0) is 26.3 Å². The van der Waals surface area contributed by atoms with Crippen molar-refractivity contribution < 1.29 is 33.4 Å². The molecule has 0 saturated carbocycles. The Hall–Kier alpha value is -3.43. The Balaban J connectivity index is 1.93. The molecule has 10 heteroatoms. The fourth-order valence-corrected chi connectivity index (χ4v) is 3.14. The van der Waals surface area contributed by atoms with Crippen molar-refractivity contribution >= 4 is 29.7 Å². The first-order valence-electron chi connectivity index (χ1n) is 10.2. The number of methoxy groups -OCH3 is 1. The van der Waals surface area contributed by atoms with E-state index in [1.54, 1.807) is 20.8 Å². The first-order chi connectivity index (χ1) is 15.0. The van der Waals surface area contributed by atoms with E-state index in [1.165, 1.54) is 0 Å². The number of amides is 3. The third kappa shape index (κ3) is 7.68. The molecule has 1 aromatic carbocycles. The molecule has 0 aliphatic carbocycles. The summed E-state index contributed by atoms with van der Waals surface area (Å²) in [5.41, 5.74) is 0.120. The van der Waals surface area contributed by atoms with Gasteiger partial charge >= 0.3 is 11.9 Å². The molecule has 0 aromatic heterocycles. The van der Waals surface area contributed by atoms with Crippen molar-refractivity contribution in [1.29, 1.82) is 0 Å². The minimum absolute atomic E-state index is 0.317. The van der Waals surface area contributed by atoms with Crippen LogP contribution >= 0.6 is 0 Å². The summed E-state index contributed by atoms with van der Waals surface area (Å²) in [6.07, 6.45) is -0.521. The summed E-state index contributed by atoms with van der Waals surface area (Å²) in [6, 6.07) is 6.07. The van der Waals surface area contributed by atoms with Gasteiger partial charge in [0.25, 0.3) is 0 Å². The molecule has 1 fully saturated rings. The van der Waals surface area contributed by atoms with Gasteiger partial charge in [0, 0.05) is 6.42 Å². The van der Waals surface area contributed by atoms with E-state index < -0.39 is 66.2 Å². The molecule has 32 heavy (non-hydrogen) atoms. The highest BCUT2D eigenvalue weighted by molar-refractivity contribution is 5.99. The van der Waals surface area contributed by atoms with Gasteiger partial charge in [-0.25, -0.2) is 4.79 Å². The van der Waals surface area contributed by atoms with Gasteiger partial charge < -0.3 is 25.4 Å². The van der Waals surface area contributed by atoms with E-state index in [1.807, 2.05) is 30.3 Å². The number of carbonyl (C=O) groups excluding carboxylic acids is 5. The number of ether oxygens (including phenoxy) is 2. The van der Waals surface area contributed by atoms with Gasteiger partial charge in [0.1, 0.15) is 23.7 Å². The highest BCUT2D eigenvalue weighted by atomic mass is 16.6. The Kier molecular flexibility index (Phi) is 8.34. The highest BCUT2D eigenvalue weighted by Crippen LogP contribution is 2.11. The van der Waals surface area contributed by atoms with E-state index in [2.05, 4.69) is 20.7 Å². The Labute approximate surface area is 186 Å². The van der Waals surface area contributed by atoms with Gasteiger partial charge in [-0.2, -0.15) is 0 Å². The van der Waals surface area contributed by atoms with Crippen molar-refractivity contribution in [3.05, 3.63) is 35.9 Å². The summed E-state index contributed by atoms with van der Waals surface area (Å²) in [7, 11) is 1.12. The summed E-state index contributed by atoms with van der Waals surface area (Å²) >= 11 is 0. The second-order valence-electron chi connectivity index (χ2n) is 8.45. The number of benzene rings is 1. The average molecular weight is 447 g/mol. The Morgan fingerprint density at radius 1 is 1.03 bits per heavy atom. The maximum atomic E-state index is 12.4. The SMILES string of the molecule is COC(=O)[C@H](CC(=O)OC(C)(C)C)NC(=O)C[C@@H]1NC(=O)[C@H](Cc2ccccc2)NC1=O. The van der Waals surface area contributed by atoms with Gasteiger partial charge in [0.15, 0.2) is 0 Å². The smallest absolute Gasteiger partial charge is 0.328 e. The van der Waals surface area contributed by atoms with E-state index in [9.17, 15) is 24.0 Å². The molecule has 10 nitrogen and oxygen atoms in total. The molecule has 0 radical (unpaired) electrons. The van der Waals surface area contributed by atoms with E-state index in [-0.39, 0.29) is 0 Å². The lowest BCUT2D eigenvalue weighted by atomic mass is 10.0. The fourth-order valence-electron chi connectivity index (χ4n) is 3.14. The lowest BCUT2D eigenvalue weighted by Crippen LogP contribution is -2.63. The molecule has 1 aliphatic heterocycles. The van der Waals surface area contributed by atoms with E-state index in [0.717, 1.165) is 12.7 Å². The number of hydrogen-bond acceptors (Lipinski definition) is 7. The van der Waals surface area contributed by atoms with Crippen molar-refractivity contribution in [1.82, 2.24) is 16.0 Å². The third-order valence-electron chi connectivity index (χ3n) is 4.55. The summed E-state index contributed by atoms with van der Waals surface area (Å²) in [5, 5.41) is 7.53. The summed E-state index contributed by atoms with van der Waals surface area (Å²) in [6.45, 7) is 5.02. The van der Waals surface area contributed by atoms with Crippen molar-refractivity contribution in [2.75, 3.05) is 7.11 Å². The molecule has 3 atom stereocenters. The number of nitrogens with one attached hydrogen (secondary N) is 3. The van der Waals surface area contributed by atoms with Gasteiger partial charge in [-0.3, -0.25) is 19.2 Å². The fraction of sp³-hybridized carbons (Fsp3) is 0.500. The zero-order valence-corrected chi connectivity index (χ0v) is 18.6. The van der Waals surface area contributed by atoms with E-state index in [4.69, 9.17) is 4.74 Å². The zero-order valence-electron chi connectivity index (χ0n) is 18.6. The van der Waals surface area contributed by atoms with Crippen LogP contribution in [-0.4, -0.2) is 60.5 Å². The number of piperazine rings is 1. The largest absolute Gasteiger partial charge is 0.467 e. The van der Waals surface area contributed by atoms with Crippen LogP contribution in [0.1, 0.15) is 39.2 Å². The van der Waals surface area contributed by atoms with Crippen molar-refractivity contribution in [3.8, 4) is 0 Å². The van der Waals surface area contributed by atoms with Crippen LogP contribution in [-0.2, 0) is 39.9 Å². The molecule has 1 heterocycles. The maximum absolute atomic E-state index is 12.4. The Bertz CT molecular complexity index is 864. The molecule has 174 valence electrons. The summed E-state index contributed by atoms with van der Waals surface area (Å²) < 4.78 is 9.80. The number of hydrogen-bond donors (Lipinski definition) is 3. The predicted octanol–water partition coefficient (Wildman–Crippen LogP) is -0.00800. The molecular weight excluding hydrogens is 418 g/mol. The monoisotopic (exact) mass is 447 g/mol. The predicted molar refractivity (Wildman–Crippen MR) is 113 cm³/mol. The molecule has 1 saturated heterocycles. The minimum atomic E-state index is -1.28. The molecule has 1 aromatic rings. The number of rotatable bonds is 8. The number of carbonyl (C=O) groups is 5. The van der Waals surface area contributed by atoms with Crippen molar-refractivity contribution in [3.63, 3.8) is 0 Å². The molecule has 2 rings (SSSR count). The normalized spacial score (nSPS) is 19.2. The van der Waals surface area contributed by atoms with E-state index in [0.29, 0.717) is 6.42 Å². The summed E-state index contributed by atoms with van der Waals surface area (Å²) in [4.78, 5) is 61.3. The van der Waals surface area contributed by atoms with Crippen molar-refractivity contribution in [2.45, 2.75) is 63.8 Å².